The first-order valence-electron chi connectivity index (χ1n) is 7.67. The van der Waals surface area contributed by atoms with Gasteiger partial charge < -0.3 is 15.7 Å². The second kappa shape index (κ2) is 6.15. The highest BCUT2D eigenvalue weighted by atomic mass is 16.3. The van der Waals surface area contributed by atoms with Crippen LogP contribution in [0.15, 0.2) is 18.2 Å². The van der Waals surface area contributed by atoms with Crippen LogP contribution in [0.4, 0.5) is 5.69 Å². The molecule has 3 heteroatoms. The number of nitrogens with two attached hydrogens (primary N) is 1. The third-order valence-electron chi connectivity index (χ3n) is 4.85. The van der Waals surface area contributed by atoms with Crippen LogP contribution in [0, 0.1) is 19.8 Å². The van der Waals surface area contributed by atoms with Gasteiger partial charge in [-0.1, -0.05) is 24.1 Å². The summed E-state index contributed by atoms with van der Waals surface area (Å²) in [5.41, 5.74) is 9.03. The zero-order valence-corrected chi connectivity index (χ0v) is 13.0. The van der Waals surface area contributed by atoms with Gasteiger partial charge in [-0.05, 0) is 50.7 Å². The highest BCUT2D eigenvalue weighted by molar-refractivity contribution is 5.53. The average Bonchev–Trinajstić information content (AvgIpc) is 2.78. The van der Waals surface area contributed by atoms with E-state index < -0.39 is 5.60 Å². The van der Waals surface area contributed by atoms with Crippen molar-refractivity contribution in [1.82, 2.24) is 0 Å². The van der Waals surface area contributed by atoms with Gasteiger partial charge in [0, 0.05) is 25.8 Å². The maximum Gasteiger partial charge on any atom is 0.0798 e. The minimum Gasteiger partial charge on any atom is -0.388 e. The van der Waals surface area contributed by atoms with E-state index in [0.29, 0.717) is 12.5 Å². The molecule has 1 fully saturated rings. The van der Waals surface area contributed by atoms with Crippen LogP contribution in [0.5, 0.6) is 0 Å². The summed E-state index contributed by atoms with van der Waals surface area (Å²) >= 11 is 0. The van der Waals surface area contributed by atoms with E-state index >= 15 is 0 Å². The van der Waals surface area contributed by atoms with Crippen LogP contribution in [-0.4, -0.2) is 30.8 Å². The van der Waals surface area contributed by atoms with Crippen molar-refractivity contribution in [2.45, 2.75) is 45.1 Å². The average molecular weight is 276 g/mol. The fraction of sp³-hybridized carbons (Fsp3) is 0.647. The van der Waals surface area contributed by atoms with E-state index in [1.54, 1.807) is 0 Å². The molecule has 0 heterocycles. The smallest absolute Gasteiger partial charge is 0.0798 e. The van der Waals surface area contributed by atoms with Crippen LogP contribution in [0.1, 0.15) is 36.8 Å². The minimum atomic E-state index is -0.622. The first-order valence-corrected chi connectivity index (χ1v) is 7.67. The molecule has 1 saturated carbocycles. The number of hydrogen-bond donors (Lipinski definition) is 2. The molecule has 0 spiro atoms. The maximum atomic E-state index is 10.5. The third-order valence-corrected chi connectivity index (χ3v) is 4.85. The van der Waals surface area contributed by atoms with Gasteiger partial charge in [0.2, 0.25) is 0 Å². The van der Waals surface area contributed by atoms with E-state index in [1.807, 2.05) is 0 Å². The summed E-state index contributed by atoms with van der Waals surface area (Å²) in [4.78, 5) is 2.30. The SMILES string of the molecule is Cc1ccc(N(C)CCC2CCCC2(O)CN)c(C)c1. The molecule has 2 atom stereocenters. The van der Waals surface area contributed by atoms with Gasteiger partial charge in [-0.3, -0.25) is 0 Å². The largest absolute Gasteiger partial charge is 0.388 e. The molecule has 0 radical (unpaired) electrons. The molecule has 0 amide bonds. The molecule has 0 aliphatic heterocycles. The topological polar surface area (TPSA) is 49.5 Å². The summed E-state index contributed by atoms with van der Waals surface area (Å²) in [6.07, 6.45) is 4.08. The molecular formula is C17H28N2O. The Morgan fingerprint density at radius 1 is 1.40 bits per heavy atom. The zero-order valence-electron chi connectivity index (χ0n) is 13.0. The molecule has 112 valence electrons. The summed E-state index contributed by atoms with van der Waals surface area (Å²) in [6.45, 7) is 5.64. The molecule has 0 bridgehead atoms. The molecule has 0 saturated heterocycles. The Bertz CT molecular complexity index is 460. The van der Waals surface area contributed by atoms with Gasteiger partial charge in [0.05, 0.1) is 5.60 Å². The Morgan fingerprint density at radius 3 is 2.80 bits per heavy atom. The Labute approximate surface area is 122 Å². The zero-order chi connectivity index (χ0) is 14.8. The van der Waals surface area contributed by atoms with E-state index in [1.165, 1.54) is 16.8 Å². The number of rotatable bonds is 5. The fourth-order valence-corrected chi connectivity index (χ4v) is 3.51. The van der Waals surface area contributed by atoms with Gasteiger partial charge in [0.25, 0.3) is 0 Å². The quantitative estimate of drug-likeness (QED) is 0.869. The van der Waals surface area contributed by atoms with Gasteiger partial charge in [0.15, 0.2) is 0 Å². The van der Waals surface area contributed by atoms with E-state index in [2.05, 4.69) is 44.0 Å². The molecule has 1 aliphatic carbocycles. The second-order valence-electron chi connectivity index (χ2n) is 6.40. The lowest BCUT2D eigenvalue weighted by molar-refractivity contribution is 0.00896. The molecule has 1 aromatic rings. The highest BCUT2D eigenvalue weighted by Crippen LogP contribution is 2.37. The van der Waals surface area contributed by atoms with Crippen LogP contribution in [0.3, 0.4) is 0 Å². The highest BCUT2D eigenvalue weighted by Gasteiger charge is 2.39. The summed E-state index contributed by atoms with van der Waals surface area (Å²) in [6, 6.07) is 6.57. The van der Waals surface area contributed by atoms with Crippen molar-refractivity contribution in [3.05, 3.63) is 29.3 Å². The van der Waals surface area contributed by atoms with Gasteiger partial charge in [-0.15, -0.1) is 0 Å². The molecule has 0 aromatic heterocycles. The lowest BCUT2D eigenvalue weighted by atomic mass is 9.88. The Hall–Kier alpha value is -1.06. The molecule has 1 aliphatic rings. The molecule has 3 nitrogen and oxygen atoms in total. The lowest BCUT2D eigenvalue weighted by Crippen LogP contribution is -2.42. The van der Waals surface area contributed by atoms with Gasteiger partial charge in [0.1, 0.15) is 0 Å². The normalized spacial score (nSPS) is 25.9. The van der Waals surface area contributed by atoms with E-state index in [-0.39, 0.29) is 0 Å². The number of aryl methyl sites for hydroxylation is 2. The monoisotopic (exact) mass is 276 g/mol. The molecule has 2 unspecified atom stereocenters. The fourth-order valence-electron chi connectivity index (χ4n) is 3.51. The lowest BCUT2D eigenvalue weighted by Gasteiger charge is -2.31. The van der Waals surface area contributed by atoms with Crippen molar-refractivity contribution in [2.24, 2.45) is 11.7 Å². The maximum absolute atomic E-state index is 10.5. The molecule has 1 aromatic carbocycles. The van der Waals surface area contributed by atoms with Crippen molar-refractivity contribution in [3.63, 3.8) is 0 Å². The summed E-state index contributed by atoms with van der Waals surface area (Å²) < 4.78 is 0. The number of benzene rings is 1. The van der Waals surface area contributed by atoms with Crippen molar-refractivity contribution >= 4 is 5.69 Å². The Morgan fingerprint density at radius 2 is 2.15 bits per heavy atom. The van der Waals surface area contributed by atoms with Crippen molar-refractivity contribution in [2.75, 3.05) is 25.0 Å². The van der Waals surface area contributed by atoms with Gasteiger partial charge in [-0.25, -0.2) is 0 Å². The van der Waals surface area contributed by atoms with Crippen molar-refractivity contribution < 1.29 is 5.11 Å². The first kappa shape index (κ1) is 15.3. The summed E-state index contributed by atoms with van der Waals surface area (Å²) in [7, 11) is 2.13. The van der Waals surface area contributed by atoms with Crippen molar-refractivity contribution in [3.8, 4) is 0 Å². The van der Waals surface area contributed by atoms with Crippen molar-refractivity contribution in [1.29, 1.82) is 0 Å². The number of nitrogens with zero attached hydrogens (tertiary/aromatic N) is 1. The third kappa shape index (κ3) is 3.15. The minimum absolute atomic E-state index is 0.348. The number of anilines is 1. The van der Waals surface area contributed by atoms with Gasteiger partial charge >= 0.3 is 0 Å². The predicted molar refractivity (Wildman–Crippen MR) is 85.1 cm³/mol. The first-order chi connectivity index (χ1) is 9.46. The molecule has 2 rings (SSSR count). The second-order valence-corrected chi connectivity index (χ2v) is 6.40. The van der Waals surface area contributed by atoms with Crippen LogP contribution in [-0.2, 0) is 0 Å². The molecule has 3 N–H and O–H groups in total. The predicted octanol–water partition coefficient (Wildman–Crippen LogP) is 2.62. The van der Waals surface area contributed by atoms with Gasteiger partial charge in [-0.2, -0.15) is 0 Å². The van der Waals surface area contributed by atoms with E-state index in [0.717, 1.165) is 32.2 Å². The summed E-state index contributed by atoms with van der Waals surface area (Å²) in [5.74, 6) is 0.348. The molecular weight excluding hydrogens is 248 g/mol. The summed E-state index contributed by atoms with van der Waals surface area (Å²) in [5, 5.41) is 10.5. The number of aliphatic hydroxyl groups is 1. The standard InChI is InChI=1S/C17H28N2O/c1-13-6-7-16(14(2)11-13)19(3)10-8-15-5-4-9-17(15,20)12-18/h6-7,11,15,20H,4-5,8-10,12,18H2,1-3H3. The Kier molecular flexibility index (Phi) is 4.71. The Balaban J connectivity index is 1.97. The molecule has 20 heavy (non-hydrogen) atoms. The van der Waals surface area contributed by atoms with Crippen LogP contribution < -0.4 is 10.6 Å². The van der Waals surface area contributed by atoms with Crippen LogP contribution in [0.2, 0.25) is 0 Å². The van der Waals surface area contributed by atoms with Crippen LogP contribution >= 0.6 is 0 Å². The van der Waals surface area contributed by atoms with E-state index in [4.69, 9.17) is 5.73 Å². The van der Waals surface area contributed by atoms with E-state index in [9.17, 15) is 5.11 Å². The van der Waals surface area contributed by atoms with Crippen LogP contribution in [0.25, 0.3) is 0 Å². The number of hydrogen-bond acceptors (Lipinski definition) is 3.